The molecule has 0 amide bonds. The van der Waals surface area contributed by atoms with Crippen LogP contribution in [0.2, 0.25) is 0 Å². The molecule has 1 N–H and O–H groups in total. The second kappa shape index (κ2) is 6.23. The molecule has 0 aliphatic carbocycles. The topological polar surface area (TPSA) is 37.3 Å². The molecule has 0 aromatic heterocycles. The van der Waals surface area contributed by atoms with E-state index in [0.29, 0.717) is 5.56 Å². The van der Waals surface area contributed by atoms with E-state index in [9.17, 15) is 9.90 Å². The Morgan fingerprint density at radius 1 is 1.14 bits per heavy atom. The Bertz CT molecular complexity index is 623. The predicted molar refractivity (Wildman–Crippen MR) is 85.7 cm³/mol. The van der Waals surface area contributed by atoms with Gasteiger partial charge in [-0.25, -0.2) is 0 Å². The van der Waals surface area contributed by atoms with E-state index in [1.165, 1.54) is 0 Å². The number of carbonyl (C=O) groups excluding carboxylic acids is 1. The fourth-order valence-electron chi connectivity index (χ4n) is 2.84. The van der Waals surface area contributed by atoms with Crippen molar-refractivity contribution in [2.75, 3.05) is 0 Å². The van der Waals surface area contributed by atoms with Gasteiger partial charge in [-0.3, -0.25) is 4.79 Å². The molecule has 0 fully saturated rings. The van der Waals surface area contributed by atoms with E-state index < -0.39 is 5.60 Å². The Labute approximate surface area is 126 Å². The molecule has 0 spiro atoms. The molecule has 2 nitrogen and oxygen atoms in total. The van der Waals surface area contributed by atoms with Gasteiger partial charge in [0, 0.05) is 11.5 Å². The van der Waals surface area contributed by atoms with Gasteiger partial charge in [0.25, 0.3) is 0 Å². The Balaban J connectivity index is 2.54. The average molecular weight is 282 g/mol. The molecule has 0 bridgehead atoms. The molecular weight excluding hydrogens is 260 g/mol. The summed E-state index contributed by atoms with van der Waals surface area (Å²) in [5.41, 5.74) is 2.97. The van der Waals surface area contributed by atoms with Crippen LogP contribution in [0.15, 0.2) is 48.5 Å². The van der Waals surface area contributed by atoms with Gasteiger partial charge in [-0.05, 0) is 43.0 Å². The molecule has 0 aliphatic heterocycles. The van der Waals surface area contributed by atoms with Crippen LogP contribution >= 0.6 is 0 Å². The van der Waals surface area contributed by atoms with Crippen molar-refractivity contribution >= 4 is 6.29 Å². The van der Waals surface area contributed by atoms with Crippen LogP contribution in [0.4, 0.5) is 0 Å². The predicted octanol–water partition coefficient (Wildman–Crippen LogP) is 4.27. The fourth-order valence-corrected chi connectivity index (χ4v) is 2.84. The summed E-state index contributed by atoms with van der Waals surface area (Å²) < 4.78 is 0. The quantitative estimate of drug-likeness (QED) is 0.832. The Morgan fingerprint density at radius 2 is 1.86 bits per heavy atom. The Kier molecular flexibility index (Phi) is 4.59. The molecule has 1 atom stereocenters. The normalized spacial score (nSPS) is 13.0. The summed E-state index contributed by atoms with van der Waals surface area (Å²) in [6.45, 7) is 5.74. The van der Waals surface area contributed by atoms with Crippen LogP contribution in [0.3, 0.4) is 0 Å². The first-order chi connectivity index (χ1) is 9.97. The molecule has 2 aromatic carbocycles. The van der Waals surface area contributed by atoms with Crippen molar-refractivity contribution in [3.63, 3.8) is 0 Å². The van der Waals surface area contributed by atoms with E-state index in [1.807, 2.05) is 42.5 Å². The SMILES string of the molecule is CC[C@H](c1cccc(C=O)c1)c1ccccc1C(C)(C)O. The highest BCUT2D eigenvalue weighted by Gasteiger charge is 2.24. The van der Waals surface area contributed by atoms with E-state index in [-0.39, 0.29) is 5.92 Å². The first kappa shape index (κ1) is 15.5. The van der Waals surface area contributed by atoms with Crippen LogP contribution < -0.4 is 0 Å². The molecule has 2 aromatic rings. The lowest BCUT2D eigenvalue weighted by Crippen LogP contribution is -2.19. The lowest BCUT2D eigenvalue weighted by molar-refractivity contribution is 0.0773. The van der Waals surface area contributed by atoms with Crippen molar-refractivity contribution in [1.29, 1.82) is 0 Å². The molecule has 0 saturated heterocycles. The van der Waals surface area contributed by atoms with Crippen LogP contribution in [0.1, 0.15) is 60.2 Å². The van der Waals surface area contributed by atoms with E-state index in [1.54, 1.807) is 13.8 Å². The minimum Gasteiger partial charge on any atom is -0.386 e. The zero-order chi connectivity index (χ0) is 15.5. The maximum absolute atomic E-state index is 11.0. The third-order valence-corrected chi connectivity index (χ3v) is 3.85. The molecule has 2 rings (SSSR count). The number of rotatable bonds is 5. The van der Waals surface area contributed by atoms with Crippen LogP contribution in [0.5, 0.6) is 0 Å². The molecule has 0 saturated carbocycles. The Hall–Kier alpha value is -1.93. The van der Waals surface area contributed by atoms with Crippen molar-refractivity contribution in [1.82, 2.24) is 0 Å². The van der Waals surface area contributed by atoms with E-state index in [0.717, 1.165) is 29.4 Å². The van der Waals surface area contributed by atoms with Crippen molar-refractivity contribution in [3.05, 3.63) is 70.8 Å². The zero-order valence-electron chi connectivity index (χ0n) is 12.8. The number of aliphatic hydroxyl groups is 1. The van der Waals surface area contributed by atoms with Crippen LogP contribution in [-0.4, -0.2) is 11.4 Å². The van der Waals surface area contributed by atoms with Crippen molar-refractivity contribution in [2.45, 2.75) is 38.7 Å². The molecular formula is C19H22O2. The highest BCUT2D eigenvalue weighted by molar-refractivity contribution is 5.75. The smallest absolute Gasteiger partial charge is 0.150 e. The van der Waals surface area contributed by atoms with Gasteiger partial charge in [0.1, 0.15) is 6.29 Å². The van der Waals surface area contributed by atoms with E-state index >= 15 is 0 Å². The summed E-state index contributed by atoms with van der Waals surface area (Å²) in [6, 6.07) is 15.7. The summed E-state index contributed by atoms with van der Waals surface area (Å²) in [5, 5.41) is 10.4. The zero-order valence-corrected chi connectivity index (χ0v) is 12.8. The van der Waals surface area contributed by atoms with Gasteiger partial charge in [-0.2, -0.15) is 0 Å². The summed E-state index contributed by atoms with van der Waals surface area (Å²) in [5.74, 6) is 0.174. The fraction of sp³-hybridized carbons (Fsp3) is 0.316. The van der Waals surface area contributed by atoms with Crippen molar-refractivity contribution < 1.29 is 9.90 Å². The number of hydrogen-bond acceptors (Lipinski definition) is 2. The molecule has 0 aliphatic rings. The lowest BCUT2D eigenvalue weighted by Gasteiger charge is -2.26. The van der Waals surface area contributed by atoms with E-state index in [4.69, 9.17) is 0 Å². The van der Waals surface area contributed by atoms with Gasteiger partial charge in [-0.15, -0.1) is 0 Å². The molecule has 0 radical (unpaired) electrons. The highest BCUT2D eigenvalue weighted by Crippen LogP contribution is 2.35. The summed E-state index contributed by atoms with van der Waals surface area (Å²) in [7, 11) is 0. The van der Waals surface area contributed by atoms with E-state index in [2.05, 4.69) is 13.0 Å². The first-order valence-electron chi connectivity index (χ1n) is 7.34. The number of aldehydes is 1. The highest BCUT2D eigenvalue weighted by atomic mass is 16.3. The first-order valence-corrected chi connectivity index (χ1v) is 7.34. The Morgan fingerprint density at radius 3 is 2.48 bits per heavy atom. The molecule has 0 heterocycles. The molecule has 2 heteroatoms. The van der Waals surface area contributed by atoms with Gasteiger partial charge >= 0.3 is 0 Å². The number of hydrogen-bond donors (Lipinski definition) is 1. The third kappa shape index (κ3) is 3.40. The summed E-state index contributed by atoms with van der Waals surface area (Å²) in [6.07, 6.45) is 1.79. The monoisotopic (exact) mass is 282 g/mol. The van der Waals surface area contributed by atoms with Gasteiger partial charge in [-0.1, -0.05) is 49.4 Å². The summed E-state index contributed by atoms with van der Waals surface area (Å²) in [4.78, 5) is 11.0. The largest absolute Gasteiger partial charge is 0.386 e. The third-order valence-electron chi connectivity index (χ3n) is 3.85. The van der Waals surface area contributed by atoms with Gasteiger partial charge < -0.3 is 5.11 Å². The minimum atomic E-state index is -0.883. The number of benzene rings is 2. The molecule has 110 valence electrons. The summed E-state index contributed by atoms with van der Waals surface area (Å²) >= 11 is 0. The van der Waals surface area contributed by atoms with Crippen molar-refractivity contribution in [2.24, 2.45) is 0 Å². The maximum atomic E-state index is 11.0. The van der Waals surface area contributed by atoms with Crippen LogP contribution in [0.25, 0.3) is 0 Å². The van der Waals surface area contributed by atoms with Crippen molar-refractivity contribution in [3.8, 4) is 0 Å². The average Bonchev–Trinajstić information content (AvgIpc) is 2.48. The van der Waals surface area contributed by atoms with Crippen LogP contribution in [-0.2, 0) is 5.60 Å². The van der Waals surface area contributed by atoms with Gasteiger partial charge in [0.2, 0.25) is 0 Å². The number of carbonyl (C=O) groups is 1. The van der Waals surface area contributed by atoms with Crippen LogP contribution in [0, 0.1) is 0 Å². The second-order valence-corrected chi connectivity index (χ2v) is 5.90. The van der Waals surface area contributed by atoms with Gasteiger partial charge in [0.05, 0.1) is 5.60 Å². The van der Waals surface area contributed by atoms with Gasteiger partial charge in [0.15, 0.2) is 0 Å². The minimum absolute atomic E-state index is 0.174. The lowest BCUT2D eigenvalue weighted by atomic mass is 9.81. The molecule has 0 unspecified atom stereocenters. The second-order valence-electron chi connectivity index (χ2n) is 5.90. The standard InChI is InChI=1S/C19H22O2/c1-4-16(15-9-7-8-14(12-15)13-20)17-10-5-6-11-18(17)19(2,3)21/h5-13,16,21H,4H2,1-3H3/t16-/m1/s1. The maximum Gasteiger partial charge on any atom is 0.150 e. The molecule has 21 heavy (non-hydrogen) atoms.